The predicted octanol–water partition coefficient (Wildman–Crippen LogP) is 0.561. The smallest absolute Gasteiger partial charge is 0.238 e. The molecule has 0 unspecified atom stereocenters. The number of anilines is 1. The van der Waals surface area contributed by atoms with Crippen LogP contribution in [0.1, 0.15) is 5.56 Å². The minimum atomic E-state index is -0.721. The molecule has 1 amide bonds. The maximum absolute atomic E-state index is 11.8. The van der Waals surface area contributed by atoms with E-state index in [1.807, 2.05) is 11.0 Å². The molecule has 0 bridgehead atoms. The number of nitriles is 1. The van der Waals surface area contributed by atoms with Gasteiger partial charge in [0.25, 0.3) is 0 Å². The van der Waals surface area contributed by atoms with E-state index >= 15 is 0 Å². The van der Waals surface area contributed by atoms with Crippen LogP contribution in [0, 0.1) is 11.3 Å². The van der Waals surface area contributed by atoms with Crippen molar-refractivity contribution in [2.75, 3.05) is 36.5 Å². The molecule has 1 aromatic rings. The SMILES string of the molecule is N#Cc1ccc(NC(=O)CN2CCS(=O)CC2)cc1. The standard InChI is InChI=1S/C13H15N3O2S/c14-9-11-1-3-12(4-2-11)15-13(17)10-16-5-7-19(18)8-6-16/h1-4H,5-8,10H2,(H,15,17). The second-order valence-corrected chi connectivity index (χ2v) is 6.06. The van der Waals surface area contributed by atoms with Gasteiger partial charge in [-0.1, -0.05) is 0 Å². The Morgan fingerprint density at radius 3 is 2.53 bits per heavy atom. The van der Waals surface area contributed by atoms with Crippen LogP contribution in [0.4, 0.5) is 5.69 Å². The maximum atomic E-state index is 11.8. The van der Waals surface area contributed by atoms with Crippen molar-refractivity contribution in [3.8, 4) is 6.07 Å². The number of amides is 1. The zero-order valence-corrected chi connectivity index (χ0v) is 11.3. The summed E-state index contributed by atoms with van der Waals surface area (Å²) in [5.41, 5.74) is 1.25. The van der Waals surface area contributed by atoms with Gasteiger partial charge >= 0.3 is 0 Å². The van der Waals surface area contributed by atoms with Crippen molar-refractivity contribution >= 4 is 22.4 Å². The molecule has 1 aromatic carbocycles. The van der Waals surface area contributed by atoms with Crippen molar-refractivity contribution in [3.05, 3.63) is 29.8 Å². The van der Waals surface area contributed by atoms with E-state index in [9.17, 15) is 9.00 Å². The van der Waals surface area contributed by atoms with Crippen LogP contribution in [0.5, 0.6) is 0 Å². The van der Waals surface area contributed by atoms with Crippen LogP contribution < -0.4 is 5.32 Å². The quantitative estimate of drug-likeness (QED) is 0.876. The van der Waals surface area contributed by atoms with Crippen LogP contribution in [0.15, 0.2) is 24.3 Å². The lowest BCUT2D eigenvalue weighted by molar-refractivity contribution is -0.117. The zero-order chi connectivity index (χ0) is 13.7. The van der Waals surface area contributed by atoms with Gasteiger partial charge in [0.15, 0.2) is 0 Å². The van der Waals surface area contributed by atoms with Crippen LogP contribution in [-0.4, -0.2) is 46.2 Å². The molecule has 0 radical (unpaired) electrons. The molecule has 6 heteroatoms. The molecule has 0 spiro atoms. The van der Waals surface area contributed by atoms with Gasteiger partial charge in [0.05, 0.1) is 18.2 Å². The average Bonchev–Trinajstić information content (AvgIpc) is 2.42. The highest BCUT2D eigenvalue weighted by molar-refractivity contribution is 7.85. The highest BCUT2D eigenvalue weighted by Crippen LogP contribution is 2.09. The molecule has 1 saturated heterocycles. The first kappa shape index (κ1) is 13.7. The minimum Gasteiger partial charge on any atom is -0.325 e. The minimum absolute atomic E-state index is 0.0858. The third-order valence-electron chi connectivity index (χ3n) is 2.94. The lowest BCUT2D eigenvalue weighted by atomic mass is 10.2. The van der Waals surface area contributed by atoms with Crippen molar-refractivity contribution in [1.29, 1.82) is 5.26 Å². The molecule has 1 aliphatic heterocycles. The monoisotopic (exact) mass is 277 g/mol. The summed E-state index contributed by atoms with van der Waals surface area (Å²) in [5, 5.41) is 11.5. The van der Waals surface area contributed by atoms with E-state index in [0.717, 1.165) is 0 Å². The molecular formula is C13H15N3O2S. The third kappa shape index (κ3) is 4.16. The normalized spacial score (nSPS) is 16.8. The number of nitrogens with zero attached hydrogens (tertiary/aromatic N) is 2. The van der Waals surface area contributed by atoms with Crippen LogP contribution >= 0.6 is 0 Å². The van der Waals surface area contributed by atoms with Gasteiger partial charge in [-0.3, -0.25) is 13.9 Å². The molecule has 5 nitrogen and oxygen atoms in total. The molecule has 0 aromatic heterocycles. The summed E-state index contributed by atoms with van der Waals surface area (Å²) in [7, 11) is -0.721. The van der Waals surface area contributed by atoms with Gasteiger partial charge in [-0.15, -0.1) is 0 Å². The number of carbonyl (C=O) groups is 1. The largest absolute Gasteiger partial charge is 0.325 e. The van der Waals surface area contributed by atoms with Gasteiger partial charge in [0.2, 0.25) is 5.91 Å². The van der Waals surface area contributed by atoms with Crippen LogP contribution in [-0.2, 0) is 15.6 Å². The maximum Gasteiger partial charge on any atom is 0.238 e. The highest BCUT2D eigenvalue weighted by atomic mass is 32.2. The summed E-state index contributed by atoms with van der Waals surface area (Å²) >= 11 is 0. The number of rotatable bonds is 3. The first-order chi connectivity index (χ1) is 9.17. The van der Waals surface area contributed by atoms with Crippen molar-refractivity contribution in [3.63, 3.8) is 0 Å². The molecule has 1 aliphatic rings. The molecule has 1 heterocycles. The number of nitrogens with one attached hydrogen (secondary N) is 1. The first-order valence-electron chi connectivity index (χ1n) is 6.05. The molecule has 1 N–H and O–H groups in total. The molecule has 19 heavy (non-hydrogen) atoms. The fourth-order valence-corrected chi connectivity index (χ4v) is 2.99. The summed E-state index contributed by atoms with van der Waals surface area (Å²) < 4.78 is 11.2. The molecule has 1 fully saturated rings. The van der Waals surface area contributed by atoms with E-state index in [-0.39, 0.29) is 5.91 Å². The fraction of sp³-hybridized carbons (Fsp3) is 0.385. The molecular weight excluding hydrogens is 262 g/mol. The van der Waals surface area contributed by atoms with E-state index in [1.165, 1.54) is 0 Å². The van der Waals surface area contributed by atoms with E-state index in [0.29, 0.717) is 42.4 Å². The van der Waals surface area contributed by atoms with E-state index in [1.54, 1.807) is 24.3 Å². The van der Waals surface area contributed by atoms with E-state index in [4.69, 9.17) is 5.26 Å². The number of carbonyl (C=O) groups excluding carboxylic acids is 1. The molecule has 2 rings (SSSR count). The zero-order valence-electron chi connectivity index (χ0n) is 10.5. The van der Waals surface area contributed by atoms with Crippen LogP contribution in [0.3, 0.4) is 0 Å². The molecule has 0 atom stereocenters. The number of benzene rings is 1. The number of hydrogen-bond donors (Lipinski definition) is 1. The topological polar surface area (TPSA) is 73.2 Å². The second-order valence-electron chi connectivity index (χ2n) is 4.36. The van der Waals surface area contributed by atoms with Gasteiger partial charge in [0.1, 0.15) is 0 Å². The average molecular weight is 277 g/mol. The van der Waals surface area contributed by atoms with Gasteiger partial charge in [-0.05, 0) is 24.3 Å². The molecule has 0 aliphatic carbocycles. The second kappa shape index (κ2) is 6.45. The Balaban J connectivity index is 1.83. The Kier molecular flexibility index (Phi) is 4.66. The lowest BCUT2D eigenvalue weighted by Crippen LogP contribution is -2.42. The fourth-order valence-electron chi connectivity index (χ4n) is 1.87. The van der Waals surface area contributed by atoms with E-state index in [2.05, 4.69) is 5.32 Å². The summed E-state index contributed by atoms with van der Waals surface area (Å²) in [5.74, 6) is 1.20. The molecule has 100 valence electrons. The van der Waals surface area contributed by atoms with Crippen LogP contribution in [0.25, 0.3) is 0 Å². The summed E-state index contributed by atoms with van der Waals surface area (Å²) in [4.78, 5) is 13.8. The Labute approximate surface area is 114 Å². The van der Waals surface area contributed by atoms with Gasteiger partial charge in [-0.25, -0.2) is 0 Å². The van der Waals surface area contributed by atoms with Crippen molar-refractivity contribution < 1.29 is 9.00 Å². The number of hydrogen-bond acceptors (Lipinski definition) is 4. The van der Waals surface area contributed by atoms with Crippen molar-refractivity contribution in [2.24, 2.45) is 0 Å². The summed E-state index contributed by atoms with van der Waals surface area (Å²) in [6, 6.07) is 8.78. The summed E-state index contributed by atoms with van der Waals surface area (Å²) in [6.45, 7) is 1.72. The predicted molar refractivity (Wildman–Crippen MR) is 74.1 cm³/mol. The summed E-state index contributed by atoms with van der Waals surface area (Å²) in [6.07, 6.45) is 0. The Hall–Kier alpha value is -1.71. The molecule has 0 saturated carbocycles. The third-order valence-corrected chi connectivity index (χ3v) is 4.21. The first-order valence-corrected chi connectivity index (χ1v) is 7.53. The highest BCUT2D eigenvalue weighted by Gasteiger charge is 2.17. The Bertz CT molecular complexity index is 512. The van der Waals surface area contributed by atoms with Gasteiger partial charge < -0.3 is 5.32 Å². The van der Waals surface area contributed by atoms with Gasteiger partial charge in [0, 0.05) is 41.1 Å². The Morgan fingerprint density at radius 2 is 1.95 bits per heavy atom. The lowest BCUT2D eigenvalue weighted by Gasteiger charge is -2.25. The van der Waals surface area contributed by atoms with Gasteiger partial charge in [-0.2, -0.15) is 5.26 Å². The van der Waals surface area contributed by atoms with E-state index < -0.39 is 10.8 Å². The van der Waals surface area contributed by atoms with Crippen molar-refractivity contribution in [2.45, 2.75) is 0 Å². The van der Waals surface area contributed by atoms with Crippen molar-refractivity contribution in [1.82, 2.24) is 4.90 Å². The Morgan fingerprint density at radius 1 is 1.32 bits per heavy atom. The van der Waals surface area contributed by atoms with Crippen LogP contribution in [0.2, 0.25) is 0 Å².